The van der Waals surface area contributed by atoms with E-state index >= 15 is 0 Å². The van der Waals surface area contributed by atoms with Crippen LogP contribution >= 0.6 is 0 Å². The van der Waals surface area contributed by atoms with Crippen molar-refractivity contribution in [3.63, 3.8) is 0 Å². The van der Waals surface area contributed by atoms with Gasteiger partial charge in [-0.05, 0) is 44.2 Å². The van der Waals surface area contributed by atoms with Crippen molar-refractivity contribution < 1.29 is 4.39 Å². The first-order chi connectivity index (χ1) is 9.58. The van der Waals surface area contributed by atoms with Crippen LogP contribution in [0, 0.1) is 5.82 Å². The number of nitrogens with zero attached hydrogens (tertiary/aromatic N) is 1. The summed E-state index contributed by atoms with van der Waals surface area (Å²) in [6.45, 7) is 2.90. The molecule has 0 aromatic heterocycles. The van der Waals surface area contributed by atoms with Crippen molar-refractivity contribution in [1.82, 2.24) is 4.90 Å². The summed E-state index contributed by atoms with van der Waals surface area (Å²) in [6.07, 6.45) is 0.926. The quantitative estimate of drug-likeness (QED) is 0.842. The van der Waals surface area contributed by atoms with E-state index in [-0.39, 0.29) is 11.9 Å². The Labute approximate surface area is 120 Å². The fourth-order valence-electron chi connectivity index (χ4n) is 2.23. The van der Waals surface area contributed by atoms with Crippen molar-refractivity contribution in [2.24, 2.45) is 0 Å². The maximum atomic E-state index is 13.8. The number of hydrogen-bond donors (Lipinski definition) is 1. The first-order valence-corrected chi connectivity index (χ1v) is 6.87. The zero-order valence-electron chi connectivity index (χ0n) is 12.0. The van der Waals surface area contributed by atoms with E-state index in [1.807, 2.05) is 50.4 Å². The van der Waals surface area contributed by atoms with Crippen molar-refractivity contribution in [2.75, 3.05) is 19.3 Å². The van der Waals surface area contributed by atoms with Crippen LogP contribution < -0.4 is 5.73 Å². The number of nitrogen functional groups attached to an aromatic ring is 1. The average Bonchev–Trinajstić information content (AvgIpc) is 2.46. The second kappa shape index (κ2) is 6.53. The highest BCUT2D eigenvalue weighted by atomic mass is 19.1. The molecule has 3 heteroatoms. The number of halogens is 1. The molecular formula is C17H21FN2. The molecule has 0 bridgehead atoms. The third-order valence-electron chi connectivity index (χ3n) is 3.75. The molecule has 0 aliphatic heterocycles. The number of likely N-dealkylation sites (N-methyl/N-ethyl adjacent to an activating group) is 1. The predicted octanol–water partition coefficient (Wildman–Crippen LogP) is 3.64. The molecule has 2 N–H and O–H groups in total. The number of rotatable bonds is 5. The molecule has 0 radical (unpaired) electrons. The van der Waals surface area contributed by atoms with E-state index < -0.39 is 0 Å². The molecule has 0 aliphatic rings. The largest absolute Gasteiger partial charge is 0.399 e. The van der Waals surface area contributed by atoms with Crippen LogP contribution in [-0.2, 0) is 6.42 Å². The Hall–Kier alpha value is -1.87. The maximum Gasteiger partial charge on any atom is 0.127 e. The Balaban J connectivity index is 1.96. The standard InChI is InChI=1S/C17H21FN2/c1-13(16-5-3-4-6-17(16)18)20(2)12-11-14-7-9-15(19)10-8-14/h3-10,13H,11-12,19H2,1-2H3. The lowest BCUT2D eigenvalue weighted by Crippen LogP contribution is -2.25. The Morgan fingerprint density at radius 1 is 1.10 bits per heavy atom. The molecule has 20 heavy (non-hydrogen) atoms. The topological polar surface area (TPSA) is 29.3 Å². The summed E-state index contributed by atoms with van der Waals surface area (Å²) in [6, 6.07) is 14.9. The van der Waals surface area contributed by atoms with Crippen LogP contribution in [0.2, 0.25) is 0 Å². The summed E-state index contributed by atoms with van der Waals surface area (Å²) >= 11 is 0. The fourth-order valence-corrected chi connectivity index (χ4v) is 2.23. The van der Waals surface area contributed by atoms with Gasteiger partial charge in [-0.1, -0.05) is 30.3 Å². The van der Waals surface area contributed by atoms with E-state index in [0.717, 1.165) is 24.2 Å². The summed E-state index contributed by atoms with van der Waals surface area (Å²) in [5.41, 5.74) is 8.44. The molecule has 2 nitrogen and oxygen atoms in total. The molecule has 0 fully saturated rings. The van der Waals surface area contributed by atoms with E-state index in [0.29, 0.717) is 0 Å². The molecule has 0 amide bonds. The number of benzene rings is 2. The van der Waals surface area contributed by atoms with E-state index in [9.17, 15) is 4.39 Å². The molecule has 2 rings (SSSR count). The monoisotopic (exact) mass is 272 g/mol. The zero-order chi connectivity index (χ0) is 14.5. The van der Waals surface area contributed by atoms with E-state index in [4.69, 9.17) is 5.73 Å². The van der Waals surface area contributed by atoms with Crippen LogP contribution in [0.25, 0.3) is 0 Å². The molecule has 0 spiro atoms. The van der Waals surface area contributed by atoms with Gasteiger partial charge in [-0.2, -0.15) is 0 Å². The predicted molar refractivity (Wildman–Crippen MR) is 82.0 cm³/mol. The Bertz CT molecular complexity index is 551. The molecule has 1 unspecified atom stereocenters. The number of anilines is 1. The lowest BCUT2D eigenvalue weighted by atomic mass is 10.1. The van der Waals surface area contributed by atoms with Gasteiger partial charge < -0.3 is 5.73 Å². The van der Waals surface area contributed by atoms with Crippen molar-refractivity contribution in [3.05, 3.63) is 65.5 Å². The molecule has 0 aliphatic carbocycles. The molecule has 0 saturated heterocycles. The molecule has 1 atom stereocenters. The lowest BCUT2D eigenvalue weighted by molar-refractivity contribution is 0.259. The van der Waals surface area contributed by atoms with Gasteiger partial charge in [0.05, 0.1) is 0 Å². The van der Waals surface area contributed by atoms with E-state index in [1.165, 1.54) is 11.6 Å². The van der Waals surface area contributed by atoms with Crippen LogP contribution in [0.1, 0.15) is 24.1 Å². The SMILES string of the molecule is CC(c1ccccc1F)N(C)CCc1ccc(N)cc1. The highest BCUT2D eigenvalue weighted by Gasteiger charge is 2.14. The summed E-state index contributed by atoms with van der Waals surface area (Å²) in [7, 11) is 2.02. The van der Waals surface area contributed by atoms with Gasteiger partial charge in [0, 0.05) is 23.8 Å². The first-order valence-electron chi connectivity index (χ1n) is 6.87. The molecular weight excluding hydrogens is 251 g/mol. The summed E-state index contributed by atoms with van der Waals surface area (Å²) in [5.74, 6) is -0.140. The zero-order valence-corrected chi connectivity index (χ0v) is 12.0. The maximum absolute atomic E-state index is 13.8. The smallest absolute Gasteiger partial charge is 0.127 e. The lowest BCUT2D eigenvalue weighted by Gasteiger charge is -2.25. The van der Waals surface area contributed by atoms with E-state index in [1.54, 1.807) is 6.07 Å². The number of nitrogens with two attached hydrogens (primary N) is 1. The Kier molecular flexibility index (Phi) is 4.74. The van der Waals surface area contributed by atoms with Crippen molar-refractivity contribution in [2.45, 2.75) is 19.4 Å². The second-order valence-electron chi connectivity index (χ2n) is 5.17. The van der Waals surface area contributed by atoms with Gasteiger partial charge in [-0.3, -0.25) is 4.90 Å². The van der Waals surface area contributed by atoms with Gasteiger partial charge in [0.15, 0.2) is 0 Å². The first kappa shape index (κ1) is 14.5. The normalized spacial score (nSPS) is 12.6. The summed E-state index contributed by atoms with van der Waals surface area (Å²) in [4.78, 5) is 2.16. The van der Waals surface area contributed by atoms with Crippen LogP contribution in [0.4, 0.5) is 10.1 Å². The van der Waals surface area contributed by atoms with Crippen molar-refractivity contribution >= 4 is 5.69 Å². The third kappa shape index (κ3) is 3.58. The van der Waals surface area contributed by atoms with Crippen LogP contribution in [0.3, 0.4) is 0 Å². The van der Waals surface area contributed by atoms with Gasteiger partial charge >= 0.3 is 0 Å². The fraction of sp³-hybridized carbons (Fsp3) is 0.294. The van der Waals surface area contributed by atoms with Gasteiger partial charge in [0.1, 0.15) is 5.82 Å². The minimum absolute atomic E-state index is 0.0602. The van der Waals surface area contributed by atoms with Crippen LogP contribution in [0.15, 0.2) is 48.5 Å². The molecule has 2 aromatic rings. The van der Waals surface area contributed by atoms with Crippen molar-refractivity contribution in [3.8, 4) is 0 Å². The molecule has 0 heterocycles. The number of hydrogen-bond acceptors (Lipinski definition) is 2. The highest BCUT2D eigenvalue weighted by Crippen LogP contribution is 2.21. The minimum Gasteiger partial charge on any atom is -0.399 e. The van der Waals surface area contributed by atoms with Crippen molar-refractivity contribution in [1.29, 1.82) is 0 Å². The highest BCUT2D eigenvalue weighted by molar-refractivity contribution is 5.39. The van der Waals surface area contributed by atoms with E-state index in [2.05, 4.69) is 4.90 Å². The Morgan fingerprint density at radius 3 is 2.40 bits per heavy atom. The van der Waals surface area contributed by atoms with Gasteiger partial charge in [0.25, 0.3) is 0 Å². The van der Waals surface area contributed by atoms with Gasteiger partial charge in [0.2, 0.25) is 0 Å². The summed E-state index contributed by atoms with van der Waals surface area (Å²) in [5, 5.41) is 0. The molecule has 0 saturated carbocycles. The van der Waals surface area contributed by atoms with Crippen LogP contribution in [0.5, 0.6) is 0 Å². The second-order valence-corrected chi connectivity index (χ2v) is 5.17. The van der Waals surface area contributed by atoms with Gasteiger partial charge in [-0.25, -0.2) is 4.39 Å². The molecule has 2 aromatic carbocycles. The molecule has 106 valence electrons. The third-order valence-corrected chi connectivity index (χ3v) is 3.75. The average molecular weight is 272 g/mol. The Morgan fingerprint density at radius 2 is 1.75 bits per heavy atom. The summed E-state index contributed by atoms with van der Waals surface area (Å²) < 4.78 is 13.8. The minimum atomic E-state index is -0.140. The van der Waals surface area contributed by atoms with Crippen LogP contribution in [-0.4, -0.2) is 18.5 Å². The van der Waals surface area contributed by atoms with Gasteiger partial charge in [-0.15, -0.1) is 0 Å².